The van der Waals surface area contributed by atoms with Gasteiger partial charge in [-0.25, -0.2) is 0 Å². The molecular weight excluding hydrogens is 320 g/mol. The van der Waals surface area contributed by atoms with E-state index in [-0.39, 0.29) is 23.1 Å². The van der Waals surface area contributed by atoms with Gasteiger partial charge in [0.15, 0.2) is 0 Å². The van der Waals surface area contributed by atoms with Crippen molar-refractivity contribution in [1.82, 2.24) is 0 Å². The number of carbonyl (C=O) groups is 2. The summed E-state index contributed by atoms with van der Waals surface area (Å²) in [5, 5.41) is 12.1. The molecule has 25 heavy (non-hydrogen) atoms. The van der Waals surface area contributed by atoms with E-state index < -0.39 is 11.6 Å². The van der Waals surface area contributed by atoms with Gasteiger partial charge in [0.05, 0.1) is 11.3 Å². The molecule has 136 valence electrons. The fourth-order valence-corrected chi connectivity index (χ4v) is 2.53. The molecule has 0 saturated heterocycles. The number of nitriles is 1. The number of ether oxygens (including phenoxy) is 2. The van der Waals surface area contributed by atoms with Crippen molar-refractivity contribution >= 4 is 17.6 Å². The molecule has 6 nitrogen and oxygen atoms in total. The molecule has 1 amide bonds. The molecule has 0 aliphatic carbocycles. The number of benzene rings is 1. The van der Waals surface area contributed by atoms with Crippen molar-refractivity contribution in [3.8, 4) is 11.8 Å². The van der Waals surface area contributed by atoms with Crippen molar-refractivity contribution in [2.24, 2.45) is 5.92 Å². The molecule has 0 spiro atoms. The van der Waals surface area contributed by atoms with Crippen LogP contribution in [0.15, 0.2) is 18.2 Å². The third kappa shape index (κ3) is 6.20. The summed E-state index contributed by atoms with van der Waals surface area (Å²) in [6.07, 6.45) is 1.37. The van der Waals surface area contributed by atoms with Crippen LogP contribution in [-0.4, -0.2) is 24.1 Å². The maximum absolute atomic E-state index is 12.8. The lowest BCUT2D eigenvalue weighted by atomic mass is 9.92. The van der Waals surface area contributed by atoms with Gasteiger partial charge in [0, 0.05) is 19.6 Å². The van der Waals surface area contributed by atoms with Gasteiger partial charge in [-0.2, -0.15) is 5.26 Å². The van der Waals surface area contributed by atoms with Crippen LogP contribution in [0.25, 0.3) is 0 Å². The summed E-state index contributed by atoms with van der Waals surface area (Å²) in [6, 6.07) is 6.50. The predicted molar refractivity (Wildman–Crippen MR) is 95.2 cm³/mol. The van der Waals surface area contributed by atoms with Crippen LogP contribution in [0.3, 0.4) is 0 Å². The Hall–Kier alpha value is -2.39. The minimum absolute atomic E-state index is 0.217. The first-order valence-corrected chi connectivity index (χ1v) is 8.39. The fourth-order valence-electron chi connectivity index (χ4n) is 2.53. The SMILES string of the molecule is CCCO[C@](C)(CC(C)C)C(=O)Nc1ccc(OC(C)=O)cc1C#N. The van der Waals surface area contributed by atoms with E-state index in [2.05, 4.69) is 5.32 Å². The molecule has 0 bridgehead atoms. The van der Waals surface area contributed by atoms with Crippen molar-refractivity contribution < 1.29 is 19.1 Å². The molecule has 0 unspecified atom stereocenters. The summed E-state index contributed by atoms with van der Waals surface area (Å²) < 4.78 is 10.8. The number of rotatable bonds is 8. The minimum atomic E-state index is -0.981. The summed E-state index contributed by atoms with van der Waals surface area (Å²) in [7, 11) is 0. The zero-order valence-corrected chi connectivity index (χ0v) is 15.5. The van der Waals surface area contributed by atoms with Crippen molar-refractivity contribution in [1.29, 1.82) is 5.26 Å². The molecule has 0 radical (unpaired) electrons. The highest BCUT2D eigenvalue weighted by molar-refractivity contribution is 5.98. The van der Waals surface area contributed by atoms with Gasteiger partial charge >= 0.3 is 5.97 Å². The molecule has 1 N–H and O–H groups in total. The lowest BCUT2D eigenvalue weighted by molar-refractivity contribution is -0.141. The Morgan fingerprint density at radius 1 is 1.36 bits per heavy atom. The Morgan fingerprint density at radius 3 is 2.56 bits per heavy atom. The summed E-state index contributed by atoms with van der Waals surface area (Å²) in [5.41, 5.74) is -0.404. The highest BCUT2D eigenvalue weighted by Crippen LogP contribution is 2.26. The largest absolute Gasteiger partial charge is 0.427 e. The second-order valence-electron chi connectivity index (χ2n) is 6.54. The van der Waals surface area contributed by atoms with Gasteiger partial charge in [-0.15, -0.1) is 0 Å². The minimum Gasteiger partial charge on any atom is -0.427 e. The molecular formula is C19H26N2O4. The van der Waals surface area contributed by atoms with E-state index in [0.29, 0.717) is 18.7 Å². The number of esters is 1. The van der Waals surface area contributed by atoms with Crippen molar-refractivity contribution in [2.75, 3.05) is 11.9 Å². The van der Waals surface area contributed by atoms with Gasteiger partial charge in [-0.05, 0) is 37.8 Å². The first kappa shape index (κ1) is 20.7. The van der Waals surface area contributed by atoms with Gasteiger partial charge in [0.25, 0.3) is 5.91 Å². The molecule has 1 rings (SSSR count). The Bertz CT molecular complexity index is 664. The van der Waals surface area contributed by atoms with Crippen molar-refractivity contribution in [3.05, 3.63) is 23.8 Å². The molecule has 0 heterocycles. The second kappa shape index (κ2) is 9.19. The molecule has 0 fully saturated rings. The standard InChI is InChI=1S/C19H26N2O4/c1-6-9-24-19(5,11-13(2)3)18(23)21-17-8-7-16(25-14(4)22)10-15(17)12-20/h7-8,10,13H,6,9,11H2,1-5H3,(H,21,23)/t19-/m1/s1. The maximum atomic E-state index is 12.8. The van der Waals surface area contributed by atoms with Crippen LogP contribution >= 0.6 is 0 Å². The number of hydrogen-bond donors (Lipinski definition) is 1. The van der Waals surface area contributed by atoms with Crippen molar-refractivity contribution in [2.45, 2.75) is 53.1 Å². The molecule has 1 aromatic rings. The van der Waals surface area contributed by atoms with Gasteiger partial charge < -0.3 is 14.8 Å². The van der Waals surface area contributed by atoms with Gasteiger partial charge in [-0.1, -0.05) is 20.8 Å². The smallest absolute Gasteiger partial charge is 0.308 e. The van der Waals surface area contributed by atoms with Crippen LogP contribution in [0.4, 0.5) is 5.69 Å². The average Bonchev–Trinajstić information content (AvgIpc) is 2.53. The Kier molecular flexibility index (Phi) is 7.59. The molecule has 0 aliphatic rings. The molecule has 1 aromatic carbocycles. The fraction of sp³-hybridized carbons (Fsp3) is 0.526. The Balaban J connectivity index is 3.03. The molecule has 1 atom stereocenters. The van der Waals surface area contributed by atoms with Gasteiger partial charge in [-0.3, -0.25) is 9.59 Å². The van der Waals surface area contributed by atoms with Crippen molar-refractivity contribution in [3.63, 3.8) is 0 Å². The normalized spacial score (nSPS) is 13.0. The molecule has 0 aliphatic heterocycles. The molecule has 0 saturated carbocycles. The first-order valence-electron chi connectivity index (χ1n) is 8.39. The third-order valence-corrected chi connectivity index (χ3v) is 3.52. The van der Waals surface area contributed by atoms with E-state index in [4.69, 9.17) is 9.47 Å². The third-order valence-electron chi connectivity index (χ3n) is 3.52. The zero-order valence-electron chi connectivity index (χ0n) is 15.5. The lowest BCUT2D eigenvalue weighted by Crippen LogP contribution is -2.44. The Morgan fingerprint density at radius 2 is 2.04 bits per heavy atom. The number of carbonyl (C=O) groups excluding carboxylic acids is 2. The van der Waals surface area contributed by atoms with Crippen LogP contribution in [0, 0.1) is 17.2 Å². The number of nitrogens with zero attached hydrogens (tertiary/aromatic N) is 1. The van der Waals surface area contributed by atoms with Crippen LogP contribution in [0.2, 0.25) is 0 Å². The van der Waals surface area contributed by atoms with Gasteiger partial charge in [0.2, 0.25) is 0 Å². The molecule has 0 aromatic heterocycles. The summed E-state index contributed by atoms with van der Waals surface area (Å²) in [5.74, 6) is -0.242. The Labute approximate surface area is 149 Å². The zero-order chi connectivity index (χ0) is 19.0. The number of nitrogens with one attached hydrogen (secondary N) is 1. The van der Waals surface area contributed by atoms with E-state index in [1.54, 1.807) is 13.0 Å². The van der Waals surface area contributed by atoms with Crippen LogP contribution in [0.5, 0.6) is 5.75 Å². The van der Waals surface area contributed by atoms with E-state index in [1.165, 1.54) is 19.1 Å². The van der Waals surface area contributed by atoms with E-state index in [1.807, 2.05) is 26.8 Å². The van der Waals surface area contributed by atoms with E-state index >= 15 is 0 Å². The van der Waals surface area contributed by atoms with Gasteiger partial charge in [0.1, 0.15) is 17.4 Å². The topological polar surface area (TPSA) is 88.4 Å². The number of hydrogen-bond acceptors (Lipinski definition) is 5. The number of amides is 1. The highest BCUT2D eigenvalue weighted by atomic mass is 16.5. The monoisotopic (exact) mass is 346 g/mol. The quantitative estimate of drug-likeness (QED) is 0.573. The van der Waals surface area contributed by atoms with E-state index in [9.17, 15) is 14.9 Å². The summed E-state index contributed by atoms with van der Waals surface area (Å²) >= 11 is 0. The highest BCUT2D eigenvalue weighted by Gasteiger charge is 2.35. The predicted octanol–water partition coefficient (Wildman–Crippen LogP) is 3.65. The van der Waals surface area contributed by atoms with Crippen LogP contribution < -0.4 is 10.1 Å². The number of anilines is 1. The van der Waals surface area contributed by atoms with Crippen LogP contribution in [0.1, 0.15) is 53.0 Å². The maximum Gasteiger partial charge on any atom is 0.308 e. The summed E-state index contributed by atoms with van der Waals surface area (Å²) in [4.78, 5) is 23.8. The first-order chi connectivity index (χ1) is 11.7. The average molecular weight is 346 g/mol. The summed E-state index contributed by atoms with van der Waals surface area (Å²) in [6.45, 7) is 9.55. The molecule has 6 heteroatoms. The lowest BCUT2D eigenvalue weighted by Gasteiger charge is -2.30. The van der Waals surface area contributed by atoms with Crippen LogP contribution in [-0.2, 0) is 14.3 Å². The second-order valence-corrected chi connectivity index (χ2v) is 6.54. The van der Waals surface area contributed by atoms with E-state index in [0.717, 1.165) is 6.42 Å².